The predicted molar refractivity (Wildman–Crippen MR) is 133 cm³/mol. The van der Waals surface area contributed by atoms with Crippen LogP contribution >= 0.6 is 11.3 Å². The lowest BCUT2D eigenvalue weighted by molar-refractivity contribution is -0.138. The number of carboxylic acids is 1. The molecule has 2 aliphatic heterocycles. The van der Waals surface area contributed by atoms with E-state index in [2.05, 4.69) is 21.7 Å². The van der Waals surface area contributed by atoms with Crippen molar-refractivity contribution >= 4 is 45.5 Å². The van der Waals surface area contributed by atoms with Crippen LogP contribution in [0, 0.1) is 0 Å². The van der Waals surface area contributed by atoms with Gasteiger partial charge in [0.05, 0.1) is 17.9 Å². The summed E-state index contributed by atoms with van der Waals surface area (Å²) in [6.07, 6.45) is 3.96. The number of carbonyl (C=O) groups excluding carboxylic acids is 1. The number of nitrogens with zero attached hydrogens (tertiary/aromatic N) is 1. The van der Waals surface area contributed by atoms with Gasteiger partial charge in [0.15, 0.2) is 0 Å². The second-order valence-corrected chi connectivity index (χ2v) is 9.58. The van der Waals surface area contributed by atoms with E-state index in [-0.39, 0.29) is 5.91 Å². The molecular weight excluding hydrogens is 450 g/mol. The quantitative estimate of drug-likeness (QED) is 0.382. The number of nitrogens with one attached hydrogen (secondary N) is 2. The van der Waals surface area contributed by atoms with Gasteiger partial charge in [0.1, 0.15) is 11.8 Å². The lowest BCUT2D eigenvalue weighted by Gasteiger charge is -2.27. The first kappa shape index (κ1) is 20.8. The number of H-pyrrole nitrogens is 1. The molecule has 6 rings (SSSR count). The van der Waals surface area contributed by atoms with E-state index in [9.17, 15) is 14.7 Å². The number of rotatable bonds is 4. The van der Waals surface area contributed by atoms with Crippen LogP contribution in [-0.4, -0.2) is 41.2 Å². The maximum Gasteiger partial charge on any atom is 0.326 e. The Balaban J connectivity index is 1.46. The topological polar surface area (TPSA) is 94.7 Å². The van der Waals surface area contributed by atoms with Crippen LogP contribution in [0.5, 0.6) is 5.75 Å². The Bertz CT molecular complexity index is 1420. The van der Waals surface area contributed by atoms with E-state index in [4.69, 9.17) is 4.74 Å². The average Bonchev–Trinajstić information content (AvgIpc) is 3.57. The molecule has 1 saturated heterocycles. The van der Waals surface area contributed by atoms with E-state index in [1.54, 1.807) is 11.3 Å². The predicted octanol–water partition coefficient (Wildman–Crippen LogP) is 5.14. The summed E-state index contributed by atoms with van der Waals surface area (Å²) in [4.78, 5) is 31.7. The van der Waals surface area contributed by atoms with Crippen molar-refractivity contribution < 1.29 is 19.4 Å². The number of hydrogen-bond donors (Lipinski definition) is 3. The van der Waals surface area contributed by atoms with Gasteiger partial charge in [-0.1, -0.05) is 0 Å². The number of thiophene rings is 1. The first-order valence-electron chi connectivity index (χ1n) is 11.3. The number of aromatic amines is 1. The van der Waals surface area contributed by atoms with E-state index in [1.807, 2.05) is 47.5 Å². The Hall–Kier alpha value is -3.78. The Kier molecular flexibility index (Phi) is 5.03. The zero-order chi connectivity index (χ0) is 23.2. The third kappa shape index (κ3) is 3.51. The Morgan fingerprint density at radius 1 is 1.18 bits per heavy atom. The van der Waals surface area contributed by atoms with Gasteiger partial charge in [-0.25, -0.2) is 4.79 Å². The molecule has 4 heterocycles. The molecule has 8 heteroatoms. The van der Waals surface area contributed by atoms with Gasteiger partial charge in [0.2, 0.25) is 0 Å². The highest BCUT2D eigenvalue weighted by Gasteiger charge is 2.34. The van der Waals surface area contributed by atoms with Crippen LogP contribution in [0.3, 0.4) is 0 Å². The summed E-state index contributed by atoms with van der Waals surface area (Å²) in [5, 5.41) is 15.9. The molecule has 0 saturated carbocycles. The summed E-state index contributed by atoms with van der Waals surface area (Å²) in [6, 6.07) is 12.8. The Labute approximate surface area is 200 Å². The van der Waals surface area contributed by atoms with Crippen LogP contribution in [-0.2, 0) is 11.2 Å². The van der Waals surface area contributed by atoms with E-state index < -0.39 is 12.0 Å². The average molecular weight is 474 g/mol. The fourth-order valence-electron chi connectivity index (χ4n) is 4.97. The van der Waals surface area contributed by atoms with Crippen molar-refractivity contribution in [2.24, 2.45) is 0 Å². The van der Waals surface area contributed by atoms with E-state index >= 15 is 0 Å². The van der Waals surface area contributed by atoms with Crippen LogP contribution < -0.4 is 15.0 Å². The number of fused-ring (bicyclic) bond motifs is 4. The van der Waals surface area contributed by atoms with Crippen LogP contribution in [0.15, 0.2) is 54.0 Å². The third-order valence-electron chi connectivity index (χ3n) is 6.62. The number of benzene rings is 2. The second kappa shape index (κ2) is 8.22. The molecule has 3 N–H and O–H groups in total. The normalized spacial score (nSPS) is 17.1. The molecule has 2 aliphatic rings. The summed E-state index contributed by atoms with van der Waals surface area (Å²) in [6.45, 7) is 1.12. The monoisotopic (exact) mass is 473 g/mol. The number of carbonyl (C=O) groups is 2. The van der Waals surface area contributed by atoms with Crippen LogP contribution in [0.1, 0.15) is 28.8 Å². The first-order valence-corrected chi connectivity index (χ1v) is 12.2. The molecular formula is C26H23N3O4S. The highest BCUT2D eigenvalue weighted by molar-refractivity contribution is 7.13. The minimum absolute atomic E-state index is 0.272. The highest BCUT2D eigenvalue weighted by atomic mass is 32.1. The van der Waals surface area contributed by atoms with Gasteiger partial charge in [0, 0.05) is 52.3 Å². The van der Waals surface area contributed by atoms with Gasteiger partial charge in [-0.15, -0.1) is 11.3 Å². The molecule has 0 radical (unpaired) electrons. The summed E-state index contributed by atoms with van der Waals surface area (Å²) in [5.41, 5.74) is 4.80. The van der Waals surface area contributed by atoms with E-state index in [0.29, 0.717) is 42.3 Å². The van der Waals surface area contributed by atoms with Gasteiger partial charge in [0.25, 0.3) is 5.91 Å². The van der Waals surface area contributed by atoms with Gasteiger partial charge in [-0.3, -0.25) is 4.79 Å². The molecule has 7 nitrogen and oxygen atoms in total. The van der Waals surface area contributed by atoms with Crippen molar-refractivity contribution in [2.45, 2.75) is 25.3 Å². The molecule has 2 aromatic carbocycles. The van der Waals surface area contributed by atoms with Crippen molar-refractivity contribution in [1.82, 2.24) is 4.98 Å². The van der Waals surface area contributed by atoms with Crippen molar-refractivity contribution in [2.75, 3.05) is 23.4 Å². The largest absolute Gasteiger partial charge is 0.492 e. The van der Waals surface area contributed by atoms with E-state index in [1.165, 1.54) is 5.56 Å². The van der Waals surface area contributed by atoms with Gasteiger partial charge >= 0.3 is 5.97 Å². The molecule has 1 atom stereocenters. The van der Waals surface area contributed by atoms with Gasteiger partial charge in [-0.2, -0.15) is 0 Å². The molecule has 0 aliphatic carbocycles. The second-order valence-electron chi connectivity index (χ2n) is 8.66. The van der Waals surface area contributed by atoms with Gasteiger partial charge < -0.3 is 25.0 Å². The first-order chi connectivity index (χ1) is 16.6. The third-order valence-corrected chi connectivity index (χ3v) is 7.61. The fourth-order valence-corrected chi connectivity index (χ4v) is 5.94. The number of aromatic nitrogens is 1. The van der Waals surface area contributed by atoms with Crippen molar-refractivity contribution in [3.05, 3.63) is 65.2 Å². The molecule has 1 fully saturated rings. The number of carboxylic acid groups (broad SMARTS) is 1. The number of aliphatic carboxylic acids is 1. The molecule has 0 spiro atoms. The summed E-state index contributed by atoms with van der Waals surface area (Å²) in [7, 11) is 0. The standard InChI is InChI=1S/C26H23N3O4S/c30-25(28-17-3-4-20-16(12-17)5-8-27-20)18-13-19-23(33-10-6-15-7-11-34-24(15)19)14-22(18)29-9-1-2-21(29)26(31)32/h3-5,7-8,11-14,21,27H,1-2,6,9-10H2,(H,28,30)(H,31,32). The van der Waals surface area contributed by atoms with Crippen LogP contribution in [0.4, 0.5) is 11.4 Å². The minimum atomic E-state index is -0.877. The molecule has 1 amide bonds. The molecule has 4 aromatic rings. The SMILES string of the molecule is O=C(Nc1ccc2[nH]ccc2c1)c1cc2c(cc1N1CCCC1C(=O)O)OCCc1ccsc1-2. The summed E-state index contributed by atoms with van der Waals surface area (Å²) >= 11 is 1.63. The summed E-state index contributed by atoms with van der Waals surface area (Å²) < 4.78 is 6.07. The molecule has 172 valence electrons. The fraction of sp³-hybridized carbons (Fsp3) is 0.231. The Morgan fingerprint density at radius 3 is 2.97 bits per heavy atom. The van der Waals surface area contributed by atoms with Crippen LogP contribution in [0.2, 0.25) is 0 Å². The number of ether oxygens (including phenoxy) is 1. The lowest BCUT2D eigenvalue weighted by Crippen LogP contribution is -2.37. The van der Waals surface area contributed by atoms with Crippen molar-refractivity contribution in [1.29, 1.82) is 0 Å². The van der Waals surface area contributed by atoms with E-state index in [0.717, 1.165) is 34.2 Å². The zero-order valence-corrected chi connectivity index (χ0v) is 19.2. The molecule has 0 bridgehead atoms. The molecule has 34 heavy (non-hydrogen) atoms. The lowest BCUT2D eigenvalue weighted by atomic mass is 10.0. The number of hydrogen-bond acceptors (Lipinski definition) is 5. The smallest absolute Gasteiger partial charge is 0.326 e. The number of anilines is 2. The maximum atomic E-state index is 13.6. The van der Waals surface area contributed by atoms with Crippen LogP contribution in [0.25, 0.3) is 21.3 Å². The number of amides is 1. The summed E-state index contributed by atoms with van der Waals surface area (Å²) in [5.74, 6) is -0.457. The van der Waals surface area contributed by atoms with Crippen molar-refractivity contribution in [3.63, 3.8) is 0 Å². The zero-order valence-electron chi connectivity index (χ0n) is 18.3. The van der Waals surface area contributed by atoms with Gasteiger partial charge in [-0.05, 0) is 60.2 Å². The maximum absolute atomic E-state index is 13.6. The minimum Gasteiger partial charge on any atom is -0.492 e. The molecule has 1 unspecified atom stereocenters. The van der Waals surface area contributed by atoms with Crippen molar-refractivity contribution in [3.8, 4) is 16.2 Å². The molecule has 2 aromatic heterocycles. The highest BCUT2D eigenvalue weighted by Crippen LogP contribution is 2.43. The Morgan fingerprint density at radius 2 is 2.09 bits per heavy atom.